The first-order valence-corrected chi connectivity index (χ1v) is 16.4. The van der Waals surface area contributed by atoms with Crippen LogP contribution in [-0.4, -0.2) is 76.5 Å². The maximum atomic E-state index is 13.6. The lowest BCUT2D eigenvalue weighted by molar-refractivity contribution is -0.140. The van der Waals surface area contributed by atoms with Gasteiger partial charge in [0, 0.05) is 43.1 Å². The zero-order valence-corrected chi connectivity index (χ0v) is 28.0. The van der Waals surface area contributed by atoms with Crippen LogP contribution in [0.1, 0.15) is 69.8 Å². The molecule has 0 bridgehead atoms. The van der Waals surface area contributed by atoms with Crippen molar-refractivity contribution in [2.24, 2.45) is 0 Å². The fraction of sp³-hybridized carbons (Fsp3) is 0.528. The van der Waals surface area contributed by atoms with E-state index >= 15 is 0 Å². The summed E-state index contributed by atoms with van der Waals surface area (Å²) < 4.78 is 42.0. The normalized spacial score (nSPS) is 15.7. The molecule has 0 saturated carbocycles. The van der Waals surface area contributed by atoms with Crippen molar-refractivity contribution in [1.29, 1.82) is 5.26 Å². The number of likely N-dealkylation sites (tertiary alicyclic amines) is 1. The van der Waals surface area contributed by atoms with Gasteiger partial charge in [0.15, 0.2) is 0 Å². The quantitative estimate of drug-likeness (QED) is 0.102. The lowest BCUT2D eigenvalue weighted by Crippen LogP contribution is -2.43. The molecule has 0 radical (unpaired) electrons. The molecule has 3 aromatic rings. The van der Waals surface area contributed by atoms with Crippen LogP contribution < -0.4 is 16.0 Å². The highest BCUT2D eigenvalue weighted by Crippen LogP contribution is 2.27. The summed E-state index contributed by atoms with van der Waals surface area (Å²) in [4.78, 5) is 17.5. The molecule has 258 valence electrons. The number of rotatable bonds is 15. The van der Waals surface area contributed by atoms with E-state index in [-0.39, 0.29) is 18.3 Å². The van der Waals surface area contributed by atoms with E-state index in [1.807, 2.05) is 19.1 Å². The molecule has 1 aromatic carbocycles. The van der Waals surface area contributed by atoms with Gasteiger partial charge < -0.3 is 30.5 Å². The number of nitrogens with zero attached hydrogens (tertiary/aromatic N) is 4. The van der Waals surface area contributed by atoms with E-state index in [9.17, 15) is 28.3 Å². The zero-order valence-electron chi connectivity index (χ0n) is 28.0. The Labute approximate surface area is 280 Å². The van der Waals surface area contributed by atoms with Gasteiger partial charge in [0.2, 0.25) is 6.41 Å². The number of aromatic nitrogens is 2. The topological polar surface area (TPSA) is 118 Å². The molecule has 0 spiro atoms. The van der Waals surface area contributed by atoms with Crippen LogP contribution >= 0.6 is 0 Å². The first-order chi connectivity index (χ1) is 22.8. The minimum Gasteiger partial charge on any atom is -0.390 e. The number of pyridine rings is 1. The van der Waals surface area contributed by atoms with Crippen LogP contribution in [0.25, 0.3) is 10.9 Å². The van der Waals surface area contributed by atoms with Gasteiger partial charge in [-0.3, -0.25) is 9.78 Å². The second kappa shape index (κ2) is 16.3. The molecule has 12 heteroatoms. The Morgan fingerprint density at radius 1 is 1.15 bits per heavy atom. The maximum Gasteiger partial charge on any atom is 0.406 e. The van der Waals surface area contributed by atoms with Gasteiger partial charge in [0.05, 0.1) is 46.9 Å². The number of carbonyl (C=O) groups excluding carboxylic acids is 1. The number of piperidine rings is 1. The molecule has 3 heterocycles. The van der Waals surface area contributed by atoms with Crippen molar-refractivity contribution >= 4 is 23.0 Å². The number of anilines is 1. The monoisotopic (exact) mass is 665 g/mol. The zero-order chi connectivity index (χ0) is 34.8. The van der Waals surface area contributed by atoms with Crippen molar-refractivity contribution in [3.63, 3.8) is 0 Å². The molecule has 48 heavy (non-hydrogen) atoms. The van der Waals surface area contributed by atoms with Gasteiger partial charge in [-0.15, -0.1) is 0 Å². The largest absolute Gasteiger partial charge is 0.406 e. The van der Waals surface area contributed by atoms with E-state index in [0.29, 0.717) is 41.8 Å². The van der Waals surface area contributed by atoms with Crippen LogP contribution in [0.15, 0.2) is 42.6 Å². The predicted molar refractivity (Wildman–Crippen MR) is 181 cm³/mol. The van der Waals surface area contributed by atoms with Crippen molar-refractivity contribution in [2.75, 3.05) is 38.0 Å². The van der Waals surface area contributed by atoms with Gasteiger partial charge in [-0.25, -0.2) is 0 Å². The Bertz CT molecular complexity index is 1600. The molecule has 4 N–H and O–H groups in total. The van der Waals surface area contributed by atoms with E-state index in [1.54, 1.807) is 44.3 Å². The summed E-state index contributed by atoms with van der Waals surface area (Å²) in [5.41, 5.74) is 1.71. The average Bonchev–Trinajstić information content (AvgIpc) is 3.37. The van der Waals surface area contributed by atoms with Crippen LogP contribution in [0, 0.1) is 23.2 Å². The number of benzene rings is 1. The molecule has 1 unspecified atom stereocenters. The number of hydrogen-bond acceptors (Lipinski definition) is 7. The SMILES string of the molecule is CC1(O)CCN(CCCC(CCNC=O)NCc2ccc3c(c2)cc(C#CCNc2ccc(C(C)(C)C#N)nc2)n3CC(F)(F)F)CC1. The first kappa shape index (κ1) is 36.7. The predicted octanol–water partition coefficient (Wildman–Crippen LogP) is 5.08. The molecular formula is C36H46F3N7O2. The van der Waals surface area contributed by atoms with Gasteiger partial charge in [0.1, 0.15) is 6.54 Å². The fourth-order valence-electron chi connectivity index (χ4n) is 5.84. The Balaban J connectivity index is 1.40. The van der Waals surface area contributed by atoms with Crippen molar-refractivity contribution in [3.8, 4) is 17.9 Å². The summed E-state index contributed by atoms with van der Waals surface area (Å²) >= 11 is 0. The van der Waals surface area contributed by atoms with E-state index in [4.69, 9.17) is 0 Å². The summed E-state index contributed by atoms with van der Waals surface area (Å²) in [6, 6.07) is 13.1. The Kier molecular flexibility index (Phi) is 12.5. The van der Waals surface area contributed by atoms with Gasteiger partial charge in [-0.1, -0.05) is 12.0 Å². The van der Waals surface area contributed by atoms with E-state index in [0.717, 1.165) is 57.3 Å². The Hall–Kier alpha value is -4.10. The molecule has 1 fully saturated rings. The fourth-order valence-corrected chi connectivity index (χ4v) is 5.84. The van der Waals surface area contributed by atoms with Gasteiger partial charge in [0.25, 0.3) is 0 Å². The highest BCUT2D eigenvalue weighted by molar-refractivity contribution is 5.83. The van der Waals surface area contributed by atoms with Gasteiger partial charge in [-0.2, -0.15) is 18.4 Å². The highest BCUT2D eigenvalue weighted by atomic mass is 19.4. The number of fused-ring (bicyclic) bond motifs is 1. The number of nitriles is 1. The standard InChI is InChI=1S/C36H46F3N7O2/c1-34(2,24-40)33-11-9-30(23-44-33)42-15-4-7-31-21-28-20-27(8-10-32(28)46(31)25-36(37,38)39)22-43-29(12-16-41-26-47)6-5-17-45-18-13-35(3,48)14-19-45/h8-11,20-21,23,26,29,42-43,48H,5-6,12-19,22,25H2,1-3H3,(H,41,47). The summed E-state index contributed by atoms with van der Waals surface area (Å²) in [6.07, 6.45) is 2.05. The Morgan fingerprint density at radius 3 is 2.58 bits per heavy atom. The number of halogens is 3. The molecule has 0 aliphatic carbocycles. The van der Waals surface area contributed by atoms with Crippen LogP contribution in [0.3, 0.4) is 0 Å². The van der Waals surface area contributed by atoms with Crippen LogP contribution in [0.2, 0.25) is 0 Å². The van der Waals surface area contributed by atoms with Crippen molar-refractivity contribution < 1.29 is 23.1 Å². The molecular weight excluding hydrogens is 619 g/mol. The van der Waals surface area contributed by atoms with Crippen LogP contribution in [0.5, 0.6) is 0 Å². The number of alkyl halides is 3. The van der Waals surface area contributed by atoms with Crippen LogP contribution in [-0.2, 0) is 23.3 Å². The minimum absolute atomic E-state index is 0.147. The summed E-state index contributed by atoms with van der Waals surface area (Å²) in [6.45, 7) is 8.28. The lowest BCUT2D eigenvalue weighted by atomic mass is 9.91. The molecule has 4 rings (SSSR count). The highest BCUT2D eigenvalue weighted by Gasteiger charge is 2.30. The third-order valence-electron chi connectivity index (χ3n) is 8.86. The van der Waals surface area contributed by atoms with Crippen molar-refractivity contribution in [3.05, 3.63) is 59.5 Å². The van der Waals surface area contributed by atoms with Crippen molar-refractivity contribution in [2.45, 2.75) is 89.2 Å². The van der Waals surface area contributed by atoms with E-state index in [1.165, 1.54) is 4.57 Å². The second-order valence-corrected chi connectivity index (χ2v) is 13.4. The first-order valence-electron chi connectivity index (χ1n) is 16.4. The lowest BCUT2D eigenvalue weighted by Gasteiger charge is -2.36. The molecule has 9 nitrogen and oxygen atoms in total. The van der Waals surface area contributed by atoms with Crippen LogP contribution in [0.4, 0.5) is 18.9 Å². The smallest absolute Gasteiger partial charge is 0.390 e. The second-order valence-electron chi connectivity index (χ2n) is 13.4. The average molecular weight is 666 g/mol. The molecule has 1 saturated heterocycles. The number of aliphatic hydroxyl groups is 1. The third kappa shape index (κ3) is 11.0. The van der Waals surface area contributed by atoms with Gasteiger partial charge >= 0.3 is 6.18 Å². The van der Waals surface area contributed by atoms with Gasteiger partial charge in [-0.05, 0) is 101 Å². The molecule has 1 aliphatic rings. The van der Waals surface area contributed by atoms with Crippen molar-refractivity contribution in [1.82, 2.24) is 25.1 Å². The number of nitrogens with one attached hydrogen (secondary N) is 3. The molecule has 1 amide bonds. The number of carbonyl (C=O) groups is 1. The maximum absolute atomic E-state index is 13.6. The molecule has 1 atom stereocenters. The molecule has 1 aliphatic heterocycles. The third-order valence-corrected chi connectivity index (χ3v) is 8.86. The minimum atomic E-state index is -4.42. The summed E-state index contributed by atoms with van der Waals surface area (Å²) in [5.74, 6) is 5.84. The Morgan fingerprint density at radius 2 is 1.92 bits per heavy atom. The van der Waals surface area contributed by atoms with E-state index in [2.05, 4.69) is 43.7 Å². The number of amides is 1. The summed E-state index contributed by atoms with van der Waals surface area (Å²) in [7, 11) is 0. The van der Waals surface area contributed by atoms with E-state index < -0.39 is 23.7 Å². The molecule has 2 aromatic heterocycles. The number of hydrogen-bond donors (Lipinski definition) is 4. The summed E-state index contributed by atoms with van der Waals surface area (Å²) in [5, 5.41) is 29.6.